The molecule has 0 atom stereocenters. The standard InChI is InChI=1S/C19H38N2O2/c1-15(2)12-20(7)18(22)10-8-9-11-19(23)21(13-16(3)4)14-17(5)6/h15-17H,8-14H2,1-7H3. The SMILES string of the molecule is CC(C)CN(C)C(=O)CCCCC(=O)N(CC(C)C)CC(C)C. The molecule has 23 heavy (non-hydrogen) atoms. The highest BCUT2D eigenvalue weighted by molar-refractivity contribution is 5.77. The number of hydrogen-bond acceptors (Lipinski definition) is 2. The van der Waals surface area contributed by atoms with Crippen LogP contribution in [0.1, 0.15) is 67.2 Å². The molecule has 0 aromatic heterocycles. The van der Waals surface area contributed by atoms with Gasteiger partial charge in [0, 0.05) is 39.5 Å². The molecular formula is C19H38N2O2. The Morgan fingerprint density at radius 1 is 0.696 bits per heavy atom. The van der Waals surface area contributed by atoms with Crippen LogP contribution in [0, 0.1) is 17.8 Å². The van der Waals surface area contributed by atoms with Crippen LogP contribution < -0.4 is 0 Å². The van der Waals surface area contributed by atoms with E-state index < -0.39 is 0 Å². The Morgan fingerprint density at radius 3 is 1.48 bits per heavy atom. The van der Waals surface area contributed by atoms with Gasteiger partial charge in [-0.05, 0) is 30.6 Å². The fourth-order valence-electron chi connectivity index (χ4n) is 2.71. The van der Waals surface area contributed by atoms with Crippen LogP contribution in [0.25, 0.3) is 0 Å². The minimum atomic E-state index is 0.187. The highest BCUT2D eigenvalue weighted by Crippen LogP contribution is 2.10. The monoisotopic (exact) mass is 326 g/mol. The van der Waals surface area contributed by atoms with E-state index in [2.05, 4.69) is 41.5 Å². The summed E-state index contributed by atoms with van der Waals surface area (Å²) in [4.78, 5) is 28.1. The van der Waals surface area contributed by atoms with Gasteiger partial charge in [0.1, 0.15) is 0 Å². The van der Waals surface area contributed by atoms with Crippen LogP contribution in [0.2, 0.25) is 0 Å². The van der Waals surface area contributed by atoms with Crippen molar-refractivity contribution in [3.8, 4) is 0 Å². The van der Waals surface area contributed by atoms with Gasteiger partial charge < -0.3 is 9.80 Å². The molecule has 0 bridgehead atoms. The van der Waals surface area contributed by atoms with Gasteiger partial charge in [-0.2, -0.15) is 0 Å². The van der Waals surface area contributed by atoms with Crippen LogP contribution in [0.15, 0.2) is 0 Å². The van der Waals surface area contributed by atoms with E-state index in [-0.39, 0.29) is 11.8 Å². The van der Waals surface area contributed by atoms with E-state index in [1.165, 1.54) is 0 Å². The summed E-state index contributed by atoms with van der Waals surface area (Å²) in [7, 11) is 1.86. The topological polar surface area (TPSA) is 40.6 Å². The van der Waals surface area contributed by atoms with Gasteiger partial charge in [0.05, 0.1) is 0 Å². The molecule has 0 saturated carbocycles. The smallest absolute Gasteiger partial charge is 0.222 e. The van der Waals surface area contributed by atoms with Gasteiger partial charge >= 0.3 is 0 Å². The molecule has 0 unspecified atom stereocenters. The van der Waals surface area contributed by atoms with Crippen LogP contribution in [-0.4, -0.2) is 48.3 Å². The molecule has 0 N–H and O–H groups in total. The van der Waals surface area contributed by atoms with E-state index >= 15 is 0 Å². The first-order valence-corrected chi connectivity index (χ1v) is 9.15. The van der Waals surface area contributed by atoms with Crippen molar-refractivity contribution in [2.24, 2.45) is 17.8 Å². The highest BCUT2D eigenvalue weighted by Gasteiger charge is 2.16. The van der Waals surface area contributed by atoms with Gasteiger partial charge in [-0.3, -0.25) is 9.59 Å². The number of carbonyl (C=O) groups excluding carboxylic acids is 2. The second-order valence-electron chi connectivity index (χ2n) is 7.96. The van der Waals surface area contributed by atoms with E-state index in [0.29, 0.717) is 30.6 Å². The van der Waals surface area contributed by atoms with Crippen LogP contribution in [0.5, 0.6) is 0 Å². The maximum atomic E-state index is 12.4. The van der Waals surface area contributed by atoms with Crippen molar-refractivity contribution in [3.05, 3.63) is 0 Å². The lowest BCUT2D eigenvalue weighted by Gasteiger charge is -2.26. The maximum Gasteiger partial charge on any atom is 0.222 e. The molecule has 0 rings (SSSR count). The summed E-state index contributed by atoms with van der Waals surface area (Å²) in [6, 6.07) is 0. The molecular weight excluding hydrogens is 288 g/mol. The van der Waals surface area contributed by atoms with Gasteiger partial charge in [0.25, 0.3) is 0 Å². The first-order chi connectivity index (χ1) is 10.6. The summed E-state index contributed by atoms with van der Waals surface area (Å²) >= 11 is 0. The third kappa shape index (κ3) is 11.2. The first kappa shape index (κ1) is 21.9. The van der Waals surface area contributed by atoms with Crippen LogP contribution >= 0.6 is 0 Å². The van der Waals surface area contributed by atoms with Crippen LogP contribution in [0.3, 0.4) is 0 Å². The highest BCUT2D eigenvalue weighted by atomic mass is 16.2. The van der Waals surface area contributed by atoms with E-state index in [9.17, 15) is 9.59 Å². The second-order valence-corrected chi connectivity index (χ2v) is 7.96. The van der Waals surface area contributed by atoms with Crippen molar-refractivity contribution < 1.29 is 9.59 Å². The molecule has 0 spiro atoms. The number of rotatable bonds is 11. The molecule has 136 valence electrons. The summed E-state index contributed by atoms with van der Waals surface area (Å²) in [5.74, 6) is 1.89. The lowest BCUT2D eigenvalue weighted by Crippen LogP contribution is -2.36. The van der Waals surface area contributed by atoms with Gasteiger partial charge in [0.2, 0.25) is 11.8 Å². The number of unbranched alkanes of at least 4 members (excludes halogenated alkanes) is 1. The lowest BCUT2D eigenvalue weighted by atomic mass is 10.1. The summed E-state index contributed by atoms with van der Waals surface area (Å²) in [5.41, 5.74) is 0. The second kappa shape index (κ2) is 11.5. The van der Waals surface area contributed by atoms with Crippen molar-refractivity contribution >= 4 is 11.8 Å². The number of nitrogens with zero attached hydrogens (tertiary/aromatic N) is 2. The molecule has 0 heterocycles. The van der Waals surface area contributed by atoms with Gasteiger partial charge in [0.15, 0.2) is 0 Å². The Labute approximate surface area is 143 Å². The van der Waals surface area contributed by atoms with Crippen molar-refractivity contribution in [1.29, 1.82) is 0 Å². The number of hydrogen-bond donors (Lipinski definition) is 0. The Morgan fingerprint density at radius 2 is 1.09 bits per heavy atom. The van der Waals surface area contributed by atoms with Crippen LogP contribution in [-0.2, 0) is 9.59 Å². The Kier molecular flexibility index (Phi) is 10.9. The molecule has 0 aliphatic carbocycles. The quantitative estimate of drug-likeness (QED) is 0.542. The average molecular weight is 327 g/mol. The number of amides is 2. The molecule has 4 heteroatoms. The Balaban J connectivity index is 4.13. The number of carbonyl (C=O) groups is 2. The molecule has 0 aromatic rings. The zero-order valence-electron chi connectivity index (χ0n) is 16.4. The fourth-order valence-corrected chi connectivity index (χ4v) is 2.71. The van der Waals surface area contributed by atoms with E-state index in [0.717, 1.165) is 32.5 Å². The van der Waals surface area contributed by atoms with Gasteiger partial charge in [-0.25, -0.2) is 0 Å². The lowest BCUT2D eigenvalue weighted by molar-refractivity contribution is -0.133. The van der Waals surface area contributed by atoms with Crippen molar-refractivity contribution in [2.75, 3.05) is 26.7 Å². The Bertz CT molecular complexity index is 341. The molecule has 4 nitrogen and oxygen atoms in total. The Hall–Kier alpha value is -1.06. The van der Waals surface area contributed by atoms with E-state index in [4.69, 9.17) is 0 Å². The van der Waals surface area contributed by atoms with Gasteiger partial charge in [-0.1, -0.05) is 41.5 Å². The summed E-state index contributed by atoms with van der Waals surface area (Å²) < 4.78 is 0. The fraction of sp³-hybridized carbons (Fsp3) is 0.895. The summed E-state index contributed by atoms with van der Waals surface area (Å²) in [6.45, 7) is 15.2. The van der Waals surface area contributed by atoms with E-state index in [1.807, 2.05) is 11.9 Å². The molecule has 0 saturated heterocycles. The normalized spacial score (nSPS) is 11.4. The van der Waals surface area contributed by atoms with E-state index in [1.54, 1.807) is 4.90 Å². The predicted molar refractivity (Wildman–Crippen MR) is 97.2 cm³/mol. The minimum absolute atomic E-state index is 0.187. The molecule has 2 amide bonds. The zero-order valence-corrected chi connectivity index (χ0v) is 16.4. The zero-order chi connectivity index (χ0) is 18.0. The minimum Gasteiger partial charge on any atom is -0.346 e. The third-order valence-corrected chi connectivity index (χ3v) is 3.62. The summed E-state index contributed by atoms with van der Waals surface area (Å²) in [6.07, 6.45) is 2.70. The van der Waals surface area contributed by atoms with Crippen LogP contribution in [0.4, 0.5) is 0 Å². The predicted octanol–water partition coefficient (Wildman–Crippen LogP) is 3.80. The molecule has 0 fully saturated rings. The molecule has 0 aromatic carbocycles. The first-order valence-electron chi connectivity index (χ1n) is 9.15. The summed E-state index contributed by atoms with van der Waals surface area (Å²) in [5, 5.41) is 0. The molecule has 0 radical (unpaired) electrons. The largest absolute Gasteiger partial charge is 0.346 e. The van der Waals surface area contributed by atoms with Gasteiger partial charge in [-0.15, -0.1) is 0 Å². The van der Waals surface area contributed by atoms with Crippen molar-refractivity contribution in [2.45, 2.75) is 67.2 Å². The van der Waals surface area contributed by atoms with Crippen molar-refractivity contribution in [3.63, 3.8) is 0 Å². The average Bonchev–Trinajstić information content (AvgIpc) is 2.40. The van der Waals surface area contributed by atoms with Crippen molar-refractivity contribution in [1.82, 2.24) is 9.80 Å². The molecule has 0 aliphatic rings. The maximum absolute atomic E-state index is 12.4. The third-order valence-electron chi connectivity index (χ3n) is 3.62. The molecule has 0 aliphatic heterocycles.